The first-order valence-corrected chi connectivity index (χ1v) is 7.00. The van der Waals surface area contributed by atoms with Crippen molar-refractivity contribution in [2.75, 3.05) is 5.32 Å². The van der Waals surface area contributed by atoms with Gasteiger partial charge in [-0.05, 0) is 42.0 Å². The number of aromatic nitrogens is 2. The molecule has 1 aliphatic carbocycles. The summed E-state index contributed by atoms with van der Waals surface area (Å²) in [5.74, 6) is -0.337. The lowest BCUT2D eigenvalue weighted by Crippen LogP contribution is -2.15. The van der Waals surface area contributed by atoms with Crippen LogP contribution in [-0.2, 0) is 4.79 Å². The molecule has 3 rings (SSSR count). The molecule has 0 saturated heterocycles. The van der Waals surface area contributed by atoms with Gasteiger partial charge in [-0.3, -0.25) is 9.78 Å². The Balaban J connectivity index is 1.93. The van der Waals surface area contributed by atoms with Crippen molar-refractivity contribution in [1.82, 2.24) is 9.97 Å². The van der Waals surface area contributed by atoms with E-state index >= 15 is 0 Å². The minimum Gasteiger partial charge on any atom is -0.310 e. The maximum atomic E-state index is 12.8. The van der Waals surface area contributed by atoms with Crippen molar-refractivity contribution >= 4 is 45.1 Å². The van der Waals surface area contributed by atoms with E-state index in [9.17, 15) is 9.18 Å². The average molecular weight is 371 g/mol. The van der Waals surface area contributed by atoms with Crippen molar-refractivity contribution in [3.05, 3.63) is 27.7 Å². The molecule has 4 nitrogen and oxygen atoms in total. The summed E-state index contributed by atoms with van der Waals surface area (Å²) < 4.78 is 13.8. The molecule has 1 fully saturated rings. The Morgan fingerprint density at radius 3 is 2.84 bits per heavy atom. The van der Waals surface area contributed by atoms with Crippen LogP contribution >= 0.6 is 22.6 Å². The first kappa shape index (κ1) is 12.7. The molecule has 1 N–H and O–H groups in total. The van der Waals surface area contributed by atoms with E-state index in [-0.39, 0.29) is 5.91 Å². The van der Waals surface area contributed by atoms with Gasteiger partial charge < -0.3 is 5.32 Å². The number of carbonyl (C=O) groups excluding carboxylic acids is 1. The fourth-order valence-electron chi connectivity index (χ4n) is 1.96. The van der Waals surface area contributed by atoms with Crippen molar-refractivity contribution in [2.24, 2.45) is 5.92 Å². The van der Waals surface area contributed by atoms with Gasteiger partial charge in [-0.25, -0.2) is 9.37 Å². The van der Waals surface area contributed by atoms with Gasteiger partial charge in [0.1, 0.15) is 12.0 Å². The van der Waals surface area contributed by atoms with Crippen LogP contribution < -0.4 is 5.32 Å². The largest absolute Gasteiger partial charge is 0.310 e. The molecule has 0 radical (unpaired) electrons. The quantitative estimate of drug-likeness (QED) is 0.827. The number of fused-ring (bicyclic) bond motifs is 1. The van der Waals surface area contributed by atoms with Crippen molar-refractivity contribution in [1.29, 1.82) is 0 Å². The van der Waals surface area contributed by atoms with E-state index in [1.807, 2.05) is 6.92 Å². The molecule has 1 saturated carbocycles. The van der Waals surface area contributed by atoms with E-state index in [2.05, 4.69) is 37.9 Å². The number of rotatable bonds is 2. The molecule has 1 aliphatic rings. The second-order valence-electron chi connectivity index (χ2n) is 4.65. The Labute approximate surface area is 123 Å². The van der Waals surface area contributed by atoms with Crippen LogP contribution in [0, 0.1) is 16.4 Å². The van der Waals surface area contributed by atoms with Crippen LogP contribution in [0.1, 0.15) is 12.1 Å². The van der Waals surface area contributed by atoms with Gasteiger partial charge in [-0.2, -0.15) is 0 Å². The van der Waals surface area contributed by atoms with Gasteiger partial charge in [-0.1, -0.05) is 0 Å². The highest BCUT2D eigenvalue weighted by atomic mass is 127. The molecule has 1 amide bonds. The summed E-state index contributed by atoms with van der Waals surface area (Å²) in [6.07, 6.45) is 2.80. The number of nitrogens with zero attached hydrogens (tertiary/aromatic N) is 2. The second-order valence-corrected chi connectivity index (χ2v) is 5.82. The molecule has 0 aliphatic heterocycles. The van der Waals surface area contributed by atoms with E-state index in [4.69, 9.17) is 0 Å². The summed E-state index contributed by atoms with van der Waals surface area (Å²) in [7, 11) is 0. The molecule has 2 aromatic heterocycles. The van der Waals surface area contributed by atoms with Crippen LogP contribution in [0.15, 0.2) is 18.5 Å². The molecule has 2 aromatic rings. The van der Waals surface area contributed by atoms with E-state index in [0.29, 0.717) is 12.2 Å². The molecule has 6 heteroatoms. The van der Waals surface area contributed by atoms with Gasteiger partial charge in [0.25, 0.3) is 0 Å². The maximum absolute atomic E-state index is 12.8. The highest BCUT2D eigenvalue weighted by molar-refractivity contribution is 14.1. The van der Waals surface area contributed by atoms with Crippen LogP contribution in [0.2, 0.25) is 0 Å². The van der Waals surface area contributed by atoms with E-state index in [0.717, 1.165) is 20.0 Å². The summed E-state index contributed by atoms with van der Waals surface area (Å²) in [6, 6.07) is 1.80. The number of nitrogens with one attached hydrogen (secondary N) is 1. The predicted molar refractivity (Wildman–Crippen MR) is 78.6 cm³/mol. The van der Waals surface area contributed by atoms with E-state index < -0.39 is 12.1 Å². The summed E-state index contributed by atoms with van der Waals surface area (Å²) >= 11 is 2.19. The second kappa shape index (κ2) is 4.66. The lowest BCUT2D eigenvalue weighted by atomic mass is 10.2. The Hall–Kier alpha value is -1.31. The minimum atomic E-state index is -0.993. The predicted octanol–water partition coefficient (Wildman–Crippen LogP) is 2.84. The lowest BCUT2D eigenvalue weighted by molar-refractivity contribution is -0.117. The standard InChI is InChI=1S/C13H11FIN3O/c1-6-9-4-17-12(3-7(9)11(15)5-16-6)18-13(19)8-2-10(8)14/h3-5,8,10H,2H2,1H3,(H,17,18,19)/t8-,10+/m0/s1. The highest BCUT2D eigenvalue weighted by Crippen LogP contribution is 2.34. The molecule has 0 spiro atoms. The topological polar surface area (TPSA) is 54.9 Å². The van der Waals surface area contributed by atoms with Crippen molar-refractivity contribution in [3.63, 3.8) is 0 Å². The molecule has 0 unspecified atom stereocenters. The van der Waals surface area contributed by atoms with Crippen molar-refractivity contribution in [3.8, 4) is 0 Å². The fourth-order valence-corrected chi connectivity index (χ4v) is 2.54. The molecule has 2 atom stereocenters. The molecule has 0 aromatic carbocycles. The molecule has 2 heterocycles. The number of alkyl halides is 1. The summed E-state index contributed by atoms with van der Waals surface area (Å²) in [5.41, 5.74) is 0.895. The van der Waals surface area contributed by atoms with Crippen LogP contribution in [0.25, 0.3) is 10.8 Å². The van der Waals surface area contributed by atoms with Crippen LogP contribution in [0.5, 0.6) is 0 Å². The van der Waals surface area contributed by atoms with Gasteiger partial charge in [0.15, 0.2) is 0 Å². The third-order valence-corrected chi connectivity index (χ3v) is 4.08. The fraction of sp³-hybridized carbons (Fsp3) is 0.308. The number of halogens is 2. The van der Waals surface area contributed by atoms with Gasteiger partial charge in [0, 0.05) is 32.4 Å². The monoisotopic (exact) mass is 371 g/mol. The number of aryl methyl sites for hydroxylation is 1. The van der Waals surface area contributed by atoms with Gasteiger partial charge in [0.2, 0.25) is 5.91 Å². The molecule has 19 heavy (non-hydrogen) atoms. The summed E-state index contributed by atoms with van der Waals surface area (Å²) in [6.45, 7) is 1.91. The Morgan fingerprint density at radius 1 is 1.42 bits per heavy atom. The Bertz CT molecular complexity index is 676. The normalized spacial score (nSPS) is 21.4. The number of amides is 1. The zero-order valence-corrected chi connectivity index (χ0v) is 12.3. The molecular weight excluding hydrogens is 360 g/mol. The lowest BCUT2D eigenvalue weighted by Gasteiger charge is -2.07. The third-order valence-electron chi connectivity index (χ3n) is 3.22. The first-order chi connectivity index (χ1) is 9.06. The Morgan fingerprint density at radius 2 is 2.16 bits per heavy atom. The maximum Gasteiger partial charge on any atom is 0.231 e. The number of pyridine rings is 2. The summed E-state index contributed by atoms with van der Waals surface area (Å²) in [4.78, 5) is 20.1. The van der Waals surface area contributed by atoms with Gasteiger partial charge >= 0.3 is 0 Å². The molecule has 98 valence electrons. The molecule has 0 bridgehead atoms. The minimum absolute atomic E-state index is 0.292. The number of carbonyl (C=O) groups is 1. The number of anilines is 1. The molecular formula is C13H11FIN3O. The smallest absolute Gasteiger partial charge is 0.231 e. The van der Waals surface area contributed by atoms with Crippen molar-refractivity contribution in [2.45, 2.75) is 19.5 Å². The van der Waals surface area contributed by atoms with Gasteiger partial charge in [0.05, 0.1) is 5.92 Å². The zero-order valence-electron chi connectivity index (χ0n) is 10.2. The van der Waals surface area contributed by atoms with Gasteiger partial charge in [-0.15, -0.1) is 0 Å². The highest BCUT2D eigenvalue weighted by Gasteiger charge is 2.43. The van der Waals surface area contributed by atoms with Crippen LogP contribution in [0.3, 0.4) is 0 Å². The first-order valence-electron chi connectivity index (χ1n) is 5.92. The third kappa shape index (κ3) is 2.41. The SMILES string of the molecule is Cc1ncc(I)c2cc(NC(=O)[C@H]3C[C@H]3F)ncc12. The van der Waals surface area contributed by atoms with Crippen LogP contribution in [-0.4, -0.2) is 22.0 Å². The zero-order chi connectivity index (χ0) is 13.6. The summed E-state index contributed by atoms with van der Waals surface area (Å²) in [5, 5.41) is 4.61. The number of hydrogen-bond donors (Lipinski definition) is 1. The van der Waals surface area contributed by atoms with E-state index in [1.54, 1.807) is 18.5 Å². The van der Waals surface area contributed by atoms with E-state index in [1.165, 1.54) is 0 Å². The van der Waals surface area contributed by atoms with Crippen molar-refractivity contribution < 1.29 is 9.18 Å². The van der Waals surface area contributed by atoms with Crippen LogP contribution in [0.4, 0.5) is 10.2 Å². The average Bonchev–Trinajstić information content (AvgIpc) is 3.11. The Kier molecular flexibility index (Phi) is 3.12. The number of hydrogen-bond acceptors (Lipinski definition) is 3.